The first-order chi connectivity index (χ1) is 7.75. The molecule has 1 aliphatic carbocycles. The normalized spacial score (nSPS) is 15.6. The third-order valence-corrected chi connectivity index (χ3v) is 3.31. The number of carbonyl (C=O) groups is 1. The van der Waals surface area contributed by atoms with E-state index in [1.807, 2.05) is 18.2 Å². The highest BCUT2D eigenvalue weighted by Gasteiger charge is 2.24. The topological polar surface area (TPSA) is 22.0 Å². The molecule has 1 saturated carbocycles. The van der Waals surface area contributed by atoms with Gasteiger partial charge in [0.05, 0.1) is 5.69 Å². The summed E-state index contributed by atoms with van der Waals surface area (Å²) >= 11 is 0. The van der Waals surface area contributed by atoms with Gasteiger partial charge in [0.15, 0.2) is 5.78 Å². The molecule has 2 aromatic rings. The van der Waals surface area contributed by atoms with Crippen molar-refractivity contribution in [2.45, 2.75) is 26.3 Å². The Balaban J connectivity index is 2.18. The minimum absolute atomic E-state index is 0.164. The summed E-state index contributed by atoms with van der Waals surface area (Å²) in [5, 5.41) is 1.17. The van der Waals surface area contributed by atoms with Gasteiger partial charge in [0.25, 0.3) is 0 Å². The second kappa shape index (κ2) is 3.48. The first-order valence-electron chi connectivity index (χ1n) is 5.85. The highest BCUT2D eigenvalue weighted by Crippen LogP contribution is 2.33. The second-order valence-electron chi connectivity index (χ2n) is 4.70. The molecule has 1 aliphatic rings. The molecule has 1 fully saturated rings. The van der Waals surface area contributed by atoms with Crippen molar-refractivity contribution in [2.75, 3.05) is 0 Å². The van der Waals surface area contributed by atoms with E-state index in [1.165, 1.54) is 23.7 Å². The lowest BCUT2D eigenvalue weighted by atomic mass is 10.2. The number of hydrogen-bond donors (Lipinski definition) is 0. The molecular formula is C14H15NO. The van der Waals surface area contributed by atoms with Gasteiger partial charge in [-0.25, -0.2) is 0 Å². The summed E-state index contributed by atoms with van der Waals surface area (Å²) in [7, 11) is 0. The zero-order valence-electron chi connectivity index (χ0n) is 9.44. The predicted molar refractivity (Wildman–Crippen MR) is 64.7 cm³/mol. The molecule has 1 aromatic heterocycles. The number of nitrogens with zero attached hydrogens (tertiary/aromatic N) is 1. The number of ketones is 1. The zero-order valence-corrected chi connectivity index (χ0v) is 9.44. The molecule has 0 atom stereocenters. The van der Waals surface area contributed by atoms with Crippen LogP contribution in [-0.4, -0.2) is 10.4 Å². The van der Waals surface area contributed by atoms with E-state index in [-0.39, 0.29) is 5.78 Å². The first-order valence-corrected chi connectivity index (χ1v) is 5.85. The predicted octanol–water partition coefficient (Wildman–Crippen LogP) is 3.25. The van der Waals surface area contributed by atoms with E-state index in [1.54, 1.807) is 6.92 Å². The van der Waals surface area contributed by atoms with Crippen LogP contribution in [-0.2, 0) is 6.54 Å². The highest BCUT2D eigenvalue weighted by atomic mass is 16.1. The summed E-state index contributed by atoms with van der Waals surface area (Å²) in [6.45, 7) is 2.65. The Bertz CT molecular complexity index is 549. The van der Waals surface area contributed by atoms with Gasteiger partial charge >= 0.3 is 0 Å². The smallest absolute Gasteiger partial charge is 0.176 e. The number of Topliss-reactive ketones (excluding diaryl/α,β-unsaturated/α-hetero) is 1. The molecule has 0 bridgehead atoms. The fourth-order valence-electron chi connectivity index (χ4n) is 2.26. The van der Waals surface area contributed by atoms with Crippen molar-refractivity contribution >= 4 is 16.7 Å². The molecule has 16 heavy (non-hydrogen) atoms. The summed E-state index contributed by atoms with van der Waals surface area (Å²) in [6, 6.07) is 10.2. The van der Waals surface area contributed by atoms with Gasteiger partial charge in [-0.05, 0) is 30.9 Å². The Kier molecular flexibility index (Phi) is 2.10. The molecule has 0 saturated heterocycles. The van der Waals surface area contributed by atoms with Gasteiger partial charge in [0.2, 0.25) is 0 Å². The highest BCUT2D eigenvalue weighted by molar-refractivity contribution is 5.98. The number of carbonyl (C=O) groups excluding carboxylic acids is 1. The van der Waals surface area contributed by atoms with Crippen LogP contribution in [0.1, 0.15) is 30.3 Å². The standard InChI is InChI=1S/C14H15NO/c1-10(16)14-8-12-4-2-3-5-13(12)15(14)9-11-6-7-11/h2-5,8,11H,6-7,9H2,1H3. The van der Waals surface area contributed by atoms with Crippen LogP contribution in [0.5, 0.6) is 0 Å². The molecule has 2 heteroatoms. The summed E-state index contributed by atoms with van der Waals surface area (Å²) in [5.41, 5.74) is 2.05. The van der Waals surface area contributed by atoms with Gasteiger partial charge in [-0.2, -0.15) is 0 Å². The molecule has 0 radical (unpaired) electrons. The summed E-state index contributed by atoms with van der Waals surface area (Å²) in [6.07, 6.45) is 2.62. The number of hydrogen-bond acceptors (Lipinski definition) is 1. The summed E-state index contributed by atoms with van der Waals surface area (Å²) in [5.74, 6) is 0.950. The molecule has 0 aliphatic heterocycles. The van der Waals surface area contributed by atoms with Gasteiger partial charge in [0, 0.05) is 24.4 Å². The van der Waals surface area contributed by atoms with Crippen LogP contribution in [0.25, 0.3) is 10.9 Å². The number of fused-ring (bicyclic) bond motifs is 1. The molecule has 1 heterocycles. The molecule has 0 spiro atoms. The minimum Gasteiger partial charge on any atom is -0.338 e. The molecule has 0 unspecified atom stereocenters. The molecule has 3 rings (SSSR count). The van der Waals surface area contributed by atoms with E-state index < -0.39 is 0 Å². The lowest BCUT2D eigenvalue weighted by molar-refractivity contribution is 0.100. The van der Waals surface area contributed by atoms with Gasteiger partial charge in [-0.1, -0.05) is 18.2 Å². The van der Waals surface area contributed by atoms with Gasteiger partial charge in [-0.15, -0.1) is 0 Å². The molecule has 1 aromatic carbocycles. The number of para-hydroxylation sites is 1. The number of rotatable bonds is 3. The van der Waals surface area contributed by atoms with Crippen molar-refractivity contribution in [1.82, 2.24) is 4.57 Å². The number of benzene rings is 1. The molecule has 0 amide bonds. The SMILES string of the molecule is CC(=O)c1cc2ccccc2n1CC1CC1. The quantitative estimate of drug-likeness (QED) is 0.717. The second-order valence-corrected chi connectivity index (χ2v) is 4.70. The van der Waals surface area contributed by atoms with Crippen molar-refractivity contribution in [3.8, 4) is 0 Å². The maximum Gasteiger partial charge on any atom is 0.176 e. The fourth-order valence-corrected chi connectivity index (χ4v) is 2.26. The van der Waals surface area contributed by atoms with E-state index in [0.717, 1.165) is 18.2 Å². The fraction of sp³-hybridized carbons (Fsp3) is 0.357. The first kappa shape index (κ1) is 9.64. The van der Waals surface area contributed by atoms with Crippen LogP contribution in [0.15, 0.2) is 30.3 Å². The lowest BCUT2D eigenvalue weighted by Gasteiger charge is -2.07. The molecule has 0 N–H and O–H groups in total. The van der Waals surface area contributed by atoms with Crippen LogP contribution in [0, 0.1) is 5.92 Å². The molecular weight excluding hydrogens is 198 g/mol. The van der Waals surface area contributed by atoms with Crippen molar-refractivity contribution in [3.05, 3.63) is 36.0 Å². The Morgan fingerprint density at radius 2 is 2.12 bits per heavy atom. The molecule has 2 nitrogen and oxygen atoms in total. The van der Waals surface area contributed by atoms with E-state index in [2.05, 4.69) is 16.7 Å². The third-order valence-electron chi connectivity index (χ3n) is 3.31. The van der Waals surface area contributed by atoms with Crippen LogP contribution in [0.4, 0.5) is 0 Å². The monoisotopic (exact) mass is 213 g/mol. The Labute approximate surface area is 94.9 Å². The van der Waals surface area contributed by atoms with Crippen LogP contribution in [0.2, 0.25) is 0 Å². The summed E-state index contributed by atoms with van der Waals surface area (Å²) < 4.78 is 2.19. The lowest BCUT2D eigenvalue weighted by Crippen LogP contribution is -2.07. The van der Waals surface area contributed by atoms with Crippen LogP contribution < -0.4 is 0 Å². The average molecular weight is 213 g/mol. The Morgan fingerprint density at radius 3 is 2.81 bits per heavy atom. The zero-order chi connectivity index (χ0) is 11.1. The molecule has 82 valence electrons. The van der Waals surface area contributed by atoms with Crippen molar-refractivity contribution < 1.29 is 4.79 Å². The maximum atomic E-state index is 11.6. The largest absolute Gasteiger partial charge is 0.338 e. The third kappa shape index (κ3) is 1.54. The minimum atomic E-state index is 0.164. The Morgan fingerprint density at radius 1 is 1.38 bits per heavy atom. The Hall–Kier alpha value is -1.57. The van der Waals surface area contributed by atoms with Crippen molar-refractivity contribution in [1.29, 1.82) is 0 Å². The van der Waals surface area contributed by atoms with E-state index in [9.17, 15) is 4.79 Å². The van der Waals surface area contributed by atoms with Crippen molar-refractivity contribution in [3.63, 3.8) is 0 Å². The number of aromatic nitrogens is 1. The maximum absolute atomic E-state index is 11.6. The van der Waals surface area contributed by atoms with Gasteiger partial charge in [0.1, 0.15) is 0 Å². The average Bonchev–Trinajstić information content (AvgIpc) is 3.00. The van der Waals surface area contributed by atoms with E-state index in [4.69, 9.17) is 0 Å². The van der Waals surface area contributed by atoms with Crippen LogP contribution >= 0.6 is 0 Å². The van der Waals surface area contributed by atoms with Gasteiger partial charge < -0.3 is 4.57 Å². The van der Waals surface area contributed by atoms with E-state index >= 15 is 0 Å². The van der Waals surface area contributed by atoms with Crippen LogP contribution in [0.3, 0.4) is 0 Å². The summed E-state index contributed by atoms with van der Waals surface area (Å²) in [4.78, 5) is 11.6. The van der Waals surface area contributed by atoms with Crippen molar-refractivity contribution in [2.24, 2.45) is 5.92 Å². The van der Waals surface area contributed by atoms with E-state index in [0.29, 0.717) is 0 Å². The van der Waals surface area contributed by atoms with Gasteiger partial charge in [-0.3, -0.25) is 4.79 Å².